The largest absolute Gasteiger partial charge is 0.324 e. The Morgan fingerprint density at radius 1 is 0.968 bits per heavy atom. The molecule has 5 heteroatoms. The number of hydrogen-bond acceptors (Lipinski definition) is 3. The predicted molar refractivity (Wildman–Crippen MR) is 123 cm³/mol. The molecule has 0 fully saturated rings. The Morgan fingerprint density at radius 2 is 1.61 bits per heavy atom. The molecular formula is C26H25N3O2. The molecule has 4 rings (SSSR count). The molecule has 1 atom stereocenters. The molecule has 0 aliphatic carbocycles. The second-order valence-corrected chi connectivity index (χ2v) is 7.76. The molecule has 1 unspecified atom stereocenters. The molecular weight excluding hydrogens is 386 g/mol. The maximum Gasteiger partial charge on any atom is 0.261 e. The SMILES string of the molecule is Cc1ccccc1C(=O)N(Cc1ccccc1)C(C)c1nc2ccccc2c(=O)n1C. The van der Waals surface area contributed by atoms with Crippen LogP contribution in [0.1, 0.15) is 40.3 Å². The van der Waals surface area contributed by atoms with Crippen molar-refractivity contribution < 1.29 is 4.79 Å². The van der Waals surface area contributed by atoms with Crippen LogP contribution in [-0.2, 0) is 13.6 Å². The van der Waals surface area contributed by atoms with Crippen molar-refractivity contribution in [3.63, 3.8) is 0 Å². The molecule has 0 saturated heterocycles. The number of aryl methyl sites for hydroxylation is 1. The lowest BCUT2D eigenvalue weighted by Crippen LogP contribution is -2.37. The minimum Gasteiger partial charge on any atom is -0.324 e. The van der Waals surface area contributed by atoms with Crippen molar-refractivity contribution in [1.82, 2.24) is 14.5 Å². The highest BCUT2D eigenvalue weighted by atomic mass is 16.2. The summed E-state index contributed by atoms with van der Waals surface area (Å²) in [5, 5.41) is 0.570. The van der Waals surface area contributed by atoms with E-state index in [1.54, 1.807) is 22.6 Å². The normalized spacial score (nSPS) is 12.0. The quantitative estimate of drug-likeness (QED) is 0.481. The number of amides is 1. The highest BCUT2D eigenvalue weighted by Crippen LogP contribution is 2.25. The molecule has 156 valence electrons. The first-order valence-corrected chi connectivity index (χ1v) is 10.3. The van der Waals surface area contributed by atoms with Gasteiger partial charge in [0.2, 0.25) is 0 Å². The molecule has 0 bridgehead atoms. The molecule has 4 aromatic rings. The lowest BCUT2D eigenvalue weighted by molar-refractivity contribution is 0.0662. The van der Waals surface area contributed by atoms with E-state index in [4.69, 9.17) is 4.98 Å². The van der Waals surface area contributed by atoms with Gasteiger partial charge in [-0.05, 0) is 43.2 Å². The van der Waals surface area contributed by atoms with Gasteiger partial charge in [-0.25, -0.2) is 4.98 Å². The lowest BCUT2D eigenvalue weighted by atomic mass is 10.1. The average molecular weight is 412 g/mol. The zero-order chi connectivity index (χ0) is 22.0. The molecule has 1 aromatic heterocycles. The lowest BCUT2D eigenvalue weighted by Gasteiger charge is -2.30. The minimum atomic E-state index is -0.408. The van der Waals surface area contributed by atoms with Crippen LogP contribution in [0.3, 0.4) is 0 Å². The Hall–Kier alpha value is -3.73. The van der Waals surface area contributed by atoms with Crippen LogP contribution in [0, 0.1) is 6.92 Å². The molecule has 0 spiro atoms. The second kappa shape index (κ2) is 8.56. The van der Waals surface area contributed by atoms with Crippen LogP contribution in [0.2, 0.25) is 0 Å². The second-order valence-electron chi connectivity index (χ2n) is 7.76. The highest BCUT2D eigenvalue weighted by Gasteiger charge is 2.27. The number of carbonyl (C=O) groups excluding carboxylic acids is 1. The first-order chi connectivity index (χ1) is 15.0. The average Bonchev–Trinajstić information content (AvgIpc) is 2.80. The van der Waals surface area contributed by atoms with Gasteiger partial charge in [-0.1, -0.05) is 60.7 Å². The van der Waals surface area contributed by atoms with Gasteiger partial charge in [0.25, 0.3) is 11.5 Å². The Bertz CT molecular complexity index is 1300. The van der Waals surface area contributed by atoms with Crippen LogP contribution >= 0.6 is 0 Å². The topological polar surface area (TPSA) is 55.2 Å². The number of hydrogen-bond donors (Lipinski definition) is 0. The summed E-state index contributed by atoms with van der Waals surface area (Å²) in [4.78, 5) is 33.2. The summed E-state index contributed by atoms with van der Waals surface area (Å²) in [7, 11) is 1.71. The van der Waals surface area contributed by atoms with Crippen molar-refractivity contribution in [3.05, 3.63) is 112 Å². The first kappa shape index (κ1) is 20.5. The molecule has 1 heterocycles. The van der Waals surface area contributed by atoms with E-state index in [0.717, 1.165) is 11.1 Å². The predicted octanol–water partition coefficient (Wildman–Crippen LogP) is 4.65. The summed E-state index contributed by atoms with van der Waals surface area (Å²) < 4.78 is 1.55. The van der Waals surface area contributed by atoms with Crippen LogP contribution in [0.15, 0.2) is 83.7 Å². The van der Waals surface area contributed by atoms with E-state index in [1.165, 1.54) is 0 Å². The number of nitrogens with zero attached hydrogens (tertiary/aromatic N) is 3. The molecule has 0 N–H and O–H groups in total. The minimum absolute atomic E-state index is 0.0862. The van der Waals surface area contributed by atoms with Crippen molar-refractivity contribution in [2.24, 2.45) is 7.05 Å². The van der Waals surface area contributed by atoms with Crippen LogP contribution in [0.25, 0.3) is 10.9 Å². The molecule has 31 heavy (non-hydrogen) atoms. The third kappa shape index (κ3) is 3.99. The zero-order valence-electron chi connectivity index (χ0n) is 17.9. The van der Waals surface area contributed by atoms with Crippen molar-refractivity contribution >= 4 is 16.8 Å². The van der Waals surface area contributed by atoms with Gasteiger partial charge in [-0.3, -0.25) is 14.2 Å². The van der Waals surface area contributed by atoms with Gasteiger partial charge in [-0.2, -0.15) is 0 Å². The van der Waals surface area contributed by atoms with Crippen LogP contribution in [0.4, 0.5) is 0 Å². The number of aromatic nitrogens is 2. The summed E-state index contributed by atoms with van der Waals surface area (Å²) in [6.07, 6.45) is 0. The molecule has 5 nitrogen and oxygen atoms in total. The van der Waals surface area contributed by atoms with Crippen LogP contribution in [0.5, 0.6) is 0 Å². The van der Waals surface area contributed by atoms with Crippen molar-refractivity contribution in [1.29, 1.82) is 0 Å². The zero-order valence-corrected chi connectivity index (χ0v) is 17.9. The molecule has 0 aliphatic rings. The van der Waals surface area contributed by atoms with E-state index >= 15 is 0 Å². The maximum absolute atomic E-state index is 13.7. The maximum atomic E-state index is 13.7. The number of fused-ring (bicyclic) bond motifs is 1. The van der Waals surface area contributed by atoms with Gasteiger partial charge in [-0.15, -0.1) is 0 Å². The van der Waals surface area contributed by atoms with E-state index < -0.39 is 6.04 Å². The Kier molecular flexibility index (Phi) is 5.67. The number of carbonyl (C=O) groups is 1. The number of benzene rings is 3. The Morgan fingerprint density at radius 3 is 2.35 bits per heavy atom. The summed E-state index contributed by atoms with van der Waals surface area (Å²) >= 11 is 0. The molecule has 0 radical (unpaired) electrons. The van der Waals surface area contributed by atoms with Crippen molar-refractivity contribution in [3.8, 4) is 0 Å². The number of rotatable bonds is 5. The first-order valence-electron chi connectivity index (χ1n) is 10.3. The van der Waals surface area contributed by atoms with Gasteiger partial charge >= 0.3 is 0 Å². The van der Waals surface area contributed by atoms with E-state index in [0.29, 0.717) is 28.8 Å². The van der Waals surface area contributed by atoms with Gasteiger partial charge < -0.3 is 4.90 Å². The molecule has 0 saturated carbocycles. The van der Waals surface area contributed by atoms with Crippen molar-refractivity contribution in [2.75, 3.05) is 0 Å². The van der Waals surface area contributed by atoms with Gasteiger partial charge in [0, 0.05) is 19.2 Å². The fraction of sp³-hybridized carbons (Fsp3) is 0.192. The van der Waals surface area contributed by atoms with E-state index in [9.17, 15) is 9.59 Å². The van der Waals surface area contributed by atoms with Gasteiger partial charge in [0.15, 0.2) is 0 Å². The fourth-order valence-corrected chi connectivity index (χ4v) is 3.88. The summed E-state index contributed by atoms with van der Waals surface area (Å²) in [6, 6.07) is 24.3. The van der Waals surface area contributed by atoms with Crippen molar-refractivity contribution in [2.45, 2.75) is 26.4 Å². The standard InChI is InChI=1S/C26H25N3O2/c1-18-11-7-8-14-21(18)26(31)29(17-20-12-5-4-6-13-20)19(2)24-27-23-16-10-9-15-22(23)25(30)28(24)3/h4-16,19H,17H2,1-3H3. The van der Waals surface area contributed by atoms with E-state index in [2.05, 4.69) is 0 Å². The molecule has 0 aliphatic heterocycles. The monoisotopic (exact) mass is 411 g/mol. The van der Waals surface area contributed by atoms with Crippen LogP contribution in [-0.4, -0.2) is 20.4 Å². The van der Waals surface area contributed by atoms with Gasteiger partial charge in [0.1, 0.15) is 5.82 Å². The van der Waals surface area contributed by atoms with Crippen LogP contribution < -0.4 is 5.56 Å². The summed E-state index contributed by atoms with van der Waals surface area (Å²) in [5.41, 5.74) is 3.10. The van der Waals surface area contributed by atoms with Gasteiger partial charge in [0.05, 0.1) is 16.9 Å². The third-order valence-corrected chi connectivity index (χ3v) is 5.69. The smallest absolute Gasteiger partial charge is 0.261 e. The molecule has 1 amide bonds. The fourth-order valence-electron chi connectivity index (χ4n) is 3.88. The Balaban J connectivity index is 1.82. The van der Waals surface area contributed by atoms with E-state index in [1.807, 2.05) is 86.6 Å². The third-order valence-electron chi connectivity index (χ3n) is 5.69. The van der Waals surface area contributed by atoms with E-state index in [-0.39, 0.29) is 11.5 Å². The highest BCUT2D eigenvalue weighted by molar-refractivity contribution is 5.95. The summed E-state index contributed by atoms with van der Waals surface area (Å²) in [5.74, 6) is 0.471. The summed E-state index contributed by atoms with van der Waals surface area (Å²) in [6.45, 7) is 4.27. The number of para-hydroxylation sites is 1. The Labute approximate surface area is 181 Å². The molecule has 3 aromatic carbocycles.